The number of hydrogen-bond acceptors (Lipinski definition) is 11. The normalized spacial score (nSPS) is 25.0. The summed E-state index contributed by atoms with van der Waals surface area (Å²) in [5, 5.41) is 10.7. The number of hydrogen-bond donors (Lipinski definition) is 4. The van der Waals surface area contributed by atoms with Gasteiger partial charge < -0.3 is 45.3 Å². The fourth-order valence-electron chi connectivity index (χ4n) is 8.88. The highest BCUT2D eigenvalue weighted by atomic mass is 16.6. The van der Waals surface area contributed by atoms with Crippen molar-refractivity contribution in [1.82, 2.24) is 31.1 Å². The fourth-order valence-corrected chi connectivity index (χ4v) is 8.88. The molecule has 1 saturated heterocycles. The number of ether oxygens (including phenoxy) is 3. The van der Waals surface area contributed by atoms with Crippen molar-refractivity contribution in [2.45, 2.75) is 135 Å². The molecule has 1 aromatic rings. The van der Waals surface area contributed by atoms with E-state index in [1.54, 1.807) is 51.4 Å². The number of fused-ring (bicyclic) bond motifs is 3. The predicted octanol–water partition coefficient (Wildman–Crippen LogP) is 3.18. The molecule has 4 N–H and O–H groups in total. The number of likely N-dealkylation sites (N-methyl/N-ethyl adjacent to an activating group) is 1. The number of allylic oxidation sites excluding steroid dienone is 2. The van der Waals surface area contributed by atoms with Crippen LogP contribution in [0.5, 0.6) is 0 Å². The van der Waals surface area contributed by atoms with Crippen LogP contribution in [0, 0.1) is 17.8 Å². The van der Waals surface area contributed by atoms with Crippen molar-refractivity contribution >= 4 is 47.2 Å². The molecule has 4 aliphatic rings. The number of Topliss-reactive ketones (excluding diaryl/α,β-unsaturated/α-hetero) is 1. The quantitative estimate of drug-likeness (QED) is 0.167. The zero-order chi connectivity index (χ0) is 47.4. The van der Waals surface area contributed by atoms with Crippen LogP contribution in [-0.2, 0) is 52.6 Å². The van der Waals surface area contributed by atoms with E-state index in [-0.39, 0.29) is 62.0 Å². The molecule has 356 valence electrons. The number of benzene rings is 1. The third-order valence-electron chi connectivity index (χ3n) is 12.1. The third kappa shape index (κ3) is 14.5. The highest BCUT2D eigenvalue weighted by Gasteiger charge is 2.46. The minimum absolute atomic E-state index is 0.0352. The van der Waals surface area contributed by atoms with Gasteiger partial charge in [-0.3, -0.25) is 38.4 Å². The molecule has 6 atom stereocenters. The van der Waals surface area contributed by atoms with Crippen LogP contribution in [0.3, 0.4) is 0 Å². The molecule has 17 nitrogen and oxygen atoms in total. The number of ketones is 1. The Labute approximate surface area is 382 Å². The van der Waals surface area contributed by atoms with E-state index in [1.165, 1.54) is 9.80 Å². The van der Waals surface area contributed by atoms with Crippen molar-refractivity contribution in [2.75, 3.05) is 40.4 Å². The van der Waals surface area contributed by atoms with E-state index >= 15 is 0 Å². The largest absolute Gasteiger partial charge is 0.494 e. The van der Waals surface area contributed by atoms with Crippen LogP contribution in [0.2, 0.25) is 0 Å². The lowest BCUT2D eigenvalue weighted by Crippen LogP contribution is -2.58. The third-order valence-corrected chi connectivity index (χ3v) is 12.1. The molecule has 2 heterocycles. The molecular weight excluding hydrogens is 837 g/mol. The van der Waals surface area contributed by atoms with Gasteiger partial charge in [-0.05, 0) is 88.8 Å². The van der Waals surface area contributed by atoms with Gasteiger partial charge in [-0.25, -0.2) is 0 Å². The van der Waals surface area contributed by atoms with Gasteiger partial charge in [0.1, 0.15) is 29.5 Å². The second-order valence-electron chi connectivity index (χ2n) is 18.9. The number of nitrogens with zero attached hydrogens (tertiary/aromatic N) is 2. The van der Waals surface area contributed by atoms with E-state index in [2.05, 4.69) is 21.3 Å². The predicted molar refractivity (Wildman–Crippen MR) is 239 cm³/mol. The maximum Gasteiger partial charge on any atom is 0.309 e. The lowest BCUT2D eigenvalue weighted by molar-refractivity contribution is -0.161. The number of rotatable bonds is 13. The zero-order valence-corrected chi connectivity index (χ0v) is 38.9. The molecule has 1 saturated carbocycles. The number of esters is 1. The van der Waals surface area contributed by atoms with E-state index < -0.39 is 77.7 Å². The number of carbonyl (C=O) groups excluding carboxylic acids is 8. The SMILES string of the molecule is CCCC(NC(=O)C1C[C@@H]2CN1C(=O)[C@H](C1CCC(C(=O)OC(C)(C)C)CC1)NC(=O)CC1=CC(=CC(C)C1)OCCCO2)C(=O)C(=O)NCC(=O)NC(C(=O)N(C)C)c1ccccc1. The van der Waals surface area contributed by atoms with Gasteiger partial charge >= 0.3 is 5.97 Å². The molecule has 2 aliphatic carbocycles. The number of carbonyl (C=O) groups is 8. The Hall–Kier alpha value is -5.58. The maximum atomic E-state index is 14.9. The van der Waals surface area contributed by atoms with Crippen molar-refractivity contribution in [1.29, 1.82) is 0 Å². The summed E-state index contributed by atoms with van der Waals surface area (Å²) in [6, 6.07) is 4.13. The average molecular weight is 905 g/mol. The summed E-state index contributed by atoms with van der Waals surface area (Å²) in [4.78, 5) is 112. The average Bonchev–Trinajstić information content (AvgIpc) is 3.69. The smallest absolute Gasteiger partial charge is 0.309 e. The standard InChI is InChI=1S/C48H68N6O11/c1-8-13-36(42(57)44(59)49-27-39(56)52-40(45(60)53(6)7)31-14-10-9-11-15-31)50-43(58)37-26-35-28-54(37)46(61)41(32-16-18-33(19-17-32)47(62)65-48(3,4)5)51-38(55)25-30-22-29(2)23-34(24-30)63-20-12-21-64-35/h9-11,14-15,23-24,29,32-33,35-37,40-41H,8,12-13,16-22,25-28H2,1-7H3,(H,49,59)(H,50,58)(H,51,55)(H,52,56)/t29?,32?,33?,35-,36?,37?,40?,41+/m1/s1. The summed E-state index contributed by atoms with van der Waals surface area (Å²) in [6.07, 6.45) is 6.94. The Bertz CT molecular complexity index is 1970. The van der Waals surface area contributed by atoms with Gasteiger partial charge in [0.2, 0.25) is 35.3 Å². The van der Waals surface area contributed by atoms with Crippen LogP contribution in [0.4, 0.5) is 0 Å². The maximum absolute atomic E-state index is 14.9. The molecule has 4 bridgehead atoms. The van der Waals surface area contributed by atoms with Gasteiger partial charge in [-0.1, -0.05) is 56.2 Å². The summed E-state index contributed by atoms with van der Waals surface area (Å²) in [6.45, 7) is 9.33. The van der Waals surface area contributed by atoms with Crippen molar-refractivity contribution in [3.8, 4) is 0 Å². The molecule has 6 amide bonds. The molecule has 0 radical (unpaired) electrons. The Morgan fingerprint density at radius 1 is 0.985 bits per heavy atom. The highest BCUT2D eigenvalue weighted by Crippen LogP contribution is 2.35. The monoisotopic (exact) mass is 904 g/mol. The molecule has 5 rings (SSSR count). The fraction of sp³-hybridized carbons (Fsp3) is 0.625. The van der Waals surface area contributed by atoms with E-state index in [9.17, 15) is 38.4 Å². The molecule has 65 heavy (non-hydrogen) atoms. The Kier molecular flexibility index (Phi) is 17.9. The molecule has 4 unspecified atom stereocenters. The molecule has 2 fully saturated rings. The molecule has 17 heteroatoms. The van der Waals surface area contributed by atoms with Gasteiger partial charge in [0.25, 0.3) is 5.91 Å². The lowest BCUT2D eigenvalue weighted by Gasteiger charge is -2.36. The second-order valence-corrected chi connectivity index (χ2v) is 18.9. The lowest BCUT2D eigenvalue weighted by atomic mass is 9.78. The molecule has 2 aliphatic heterocycles. The van der Waals surface area contributed by atoms with Crippen molar-refractivity contribution in [3.63, 3.8) is 0 Å². The topological polar surface area (TPSA) is 219 Å². The Morgan fingerprint density at radius 2 is 1.69 bits per heavy atom. The summed E-state index contributed by atoms with van der Waals surface area (Å²) >= 11 is 0. The van der Waals surface area contributed by atoms with Gasteiger partial charge in [-0.15, -0.1) is 0 Å². The van der Waals surface area contributed by atoms with Gasteiger partial charge in [0, 0.05) is 39.9 Å². The Balaban J connectivity index is 1.32. The first-order chi connectivity index (χ1) is 30.8. The van der Waals surface area contributed by atoms with Gasteiger partial charge in [0.15, 0.2) is 0 Å². The first kappa shape index (κ1) is 50.4. The highest BCUT2D eigenvalue weighted by molar-refractivity contribution is 6.38. The Morgan fingerprint density at radius 3 is 2.35 bits per heavy atom. The second kappa shape index (κ2) is 23.0. The summed E-state index contributed by atoms with van der Waals surface area (Å²) in [7, 11) is 3.11. The molecule has 0 spiro atoms. The zero-order valence-electron chi connectivity index (χ0n) is 38.9. The molecular formula is C48H68N6O11. The number of amides is 6. The van der Waals surface area contributed by atoms with Crippen LogP contribution >= 0.6 is 0 Å². The minimum atomic E-state index is -1.29. The molecule has 1 aromatic carbocycles. The van der Waals surface area contributed by atoms with E-state index in [0.29, 0.717) is 62.9 Å². The van der Waals surface area contributed by atoms with Crippen LogP contribution < -0.4 is 21.3 Å². The van der Waals surface area contributed by atoms with Crippen LogP contribution in [-0.4, -0.2) is 127 Å². The van der Waals surface area contributed by atoms with Crippen molar-refractivity contribution in [2.24, 2.45) is 17.8 Å². The minimum Gasteiger partial charge on any atom is -0.494 e. The summed E-state index contributed by atoms with van der Waals surface area (Å²) < 4.78 is 17.9. The van der Waals surface area contributed by atoms with Crippen LogP contribution in [0.1, 0.15) is 110 Å². The van der Waals surface area contributed by atoms with Crippen LogP contribution in [0.25, 0.3) is 0 Å². The van der Waals surface area contributed by atoms with Crippen molar-refractivity contribution in [3.05, 3.63) is 59.4 Å². The summed E-state index contributed by atoms with van der Waals surface area (Å²) in [5.41, 5.74) is 0.740. The van der Waals surface area contributed by atoms with E-state index in [0.717, 1.165) is 5.57 Å². The molecule has 0 aromatic heterocycles. The van der Waals surface area contributed by atoms with E-state index in [4.69, 9.17) is 14.2 Å². The first-order valence-electron chi connectivity index (χ1n) is 23.0. The van der Waals surface area contributed by atoms with Gasteiger partial charge in [0.05, 0.1) is 37.8 Å². The van der Waals surface area contributed by atoms with E-state index in [1.807, 2.05) is 39.8 Å². The number of nitrogens with one attached hydrogen (secondary N) is 4. The summed E-state index contributed by atoms with van der Waals surface area (Å²) in [5.74, 6) is -4.90. The van der Waals surface area contributed by atoms with Gasteiger partial charge in [-0.2, -0.15) is 0 Å². The first-order valence-corrected chi connectivity index (χ1v) is 23.0. The van der Waals surface area contributed by atoms with Crippen LogP contribution in [0.15, 0.2) is 53.8 Å². The van der Waals surface area contributed by atoms with Crippen molar-refractivity contribution < 1.29 is 52.6 Å².